The Morgan fingerprint density at radius 3 is 2.58 bits per heavy atom. The fraction of sp³-hybridized carbons (Fsp3) is 0.167. The van der Waals surface area contributed by atoms with E-state index in [2.05, 4.69) is 5.10 Å². The number of rotatable bonds is 3. The number of aliphatic carboxylic acids is 1. The van der Waals surface area contributed by atoms with E-state index < -0.39 is 11.9 Å². The molecule has 0 radical (unpaired) electrons. The summed E-state index contributed by atoms with van der Waals surface area (Å²) in [6.07, 6.45) is 3.33. The van der Waals surface area contributed by atoms with E-state index in [1.165, 1.54) is 13.0 Å². The Labute approximate surface area is 142 Å². The second kappa shape index (κ2) is 6.77. The zero-order valence-electron chi connectivity index (χ0n) is 10.4. The summed E-state index contributed by atoms with van der Waals surface area (Å²) in [7, 11) is 0. The van der Waals surface area contributed by atoms with Crippen LogP contribution in [0.4, 0.5) is 0 Å². The summed E-state index contributed by atoms with van der Waals surface area (Å²) in [5.74, 6) is -2.01. The van der Waals surface area contributed by atoms with Crippen LogP contribution in [0.25, 0.3) is 5.69 Å². The van der Waals surface area contributed by atoms with E-state index >= 15 is 0 Å². The van der Waals surface area contributed by atoms with E-state index in [0.717, 1.165) is 0 Å². The van der Waals surface area contributed by atoms with Crippen molar-refractivity contribution in [2.24, 2.45) is 0 Å². The van der Waals surface area contributed by atoms with Gasteiger partial charge in [0, 0.05) is 29.3 Å². The molecule has 2 aromatic rings. The minimum absolute atomic E-state index is 0. The molecule has 0 bridgehead atoms. The van der Waals surface area contributed by atoms with Crippen LogP contribution in [-0.2, 0) is 4.79 Å². The number of carboxylic acids is 1. The first-order chi connectivity index (χ1) is 8.50. The maximum atomic E-state index is 10.8. The number of halogens is 2. The van der Waals surface area contributed by atoms with Crippen molar-refractivity contribution in [1.82, 2.24) is 9.78 Å². The summed E-state index contributed by atoms with van der Waals surface area (Å²) in [6.45, 7) is 1.50. The summed E-state index contributed by atoms with van der Waals surface area (Å²) in [4.78, 5) is 10.8. The van der Waals surface area contributed by atoms with Crippen LogP contribution in [0.1, 0.15) is 18.4 Å². The van der Waals surface area contributed by atoms with Gasteiger partial charge in [0.25, 0.3) is 0 Å². The number of carbonyl (C=O) groups excluding carboxylic acids is 1. The van der Waals surface area contributed by atoms with Crippen molar-refractivity contribution in [1.29, 1.82) is 0 Å². The SMILES string of the molecule is CC(C(=O)[O-])c1cc(Cl)c(-n2cccn2)cc1Cl.[Na+]. The Morgan fingerprint density at radius 1 is 1.37 bits per heavy atom. The molecule has 1 unspecified atom stereocenters. The third kappa shape index (κ3) is 3.52. The molecule has 0 amide bonds. The molecular formula is C12H9Cl2N2NaO2. The molecule has 0 spiro atoms. The minimum Gasteiger partial charge on any atom is -0.550 e. The summed E-state index contributed by atoms with van der Waals surface area (Å²) >= 11 is 12.2. The third-order valence-corrected chi connectivity index (χ3v) is 3.27. The van der Waals surface area contributed by atoms with Gasteiger partial charge in [-0.25, -0.2) is 4.68 Å². The Bertz CT molecular complexity index is 588. The van der Waals surface area contributed by atoms with Gasteiger partial charge in [-0.1, -0.05) is 30.1 Å². The molecule has 0 saturated heterocycles. The number of aromatic nitrogens is 2. The first-order valence-corrected chi connectivity index (χ1v) is 5.96. The largest absolute Gasteiger partial charge is 1.00 e. The second-order valence-electron chi connectivity index (χ2n) is 3.82. The van der Waals surface area contributed by atoms with Crippen LogP contribution in [0.15, 0.2) is 30.6 Å². The second-order valence-corrected chi connectivity index (χ2v) is 4.63. The van der Waals surface area contributed by atoms with Crippen LogP contribution in [0, 0.1) is 0 Å². The fourth-order valence-electron chi connectivity index (χ4n) is 1.60. The average Bonchev–Trinajstić information content (AvgIpc) is 2.84. The molecule has 1 aromatic carbocycles. The van der Waals surface area contributed by atoms with Gasteiger partial charge in [0.05, 0.1) is 10.7 Å². The topological polar surface area (TPSA) is 57.9 Å². The van der Waals surface area contributed by atoms with E-state index in [9.17, 15) is 9.90 Å². The third-order valence-electron chi connectivity index (χ3n) is 2.64. The minimum atomic E-state index is -1.19. The molecule has 0 saturated carbocycles. The molecule has 0 aliphatic carbocycles. The predicted octanol–water partition coefficient (Wildman–Crippen LogP) is -0.964. The van der Waals surface area contributed by atoms with E-state index in [4.69, 9.17) is 23.2 Å². The average molecular weight is 307 g/mol. The van der Waals surface area contributed by atoms with Crippen molar-refractivity contribution in [2.45, 2.75) is 12.8 Å². The Kier molecular flexibility index (Phi) is 5.89. The van der Waals surface area contributed by atoms with Gasteiger partial charge < -0.3 is 9.90 Å². The predicted molar refractivity (Wildman–Crippen MR) is 67.0 cm³/mol. The van der Waals surface area contributed by atoms with Crippen LogP contribution in [0.5, 0.6) is 0 Å². The van der Waals surface area contributed by atoms with Crippen molar-refractivity contribution in [2.75, 3.05) is 0 Å². The zero-order chi connectivity index (χ0) is 13.3. The van der Waals surface area contributed by atoms with Gasteiger partial charge in [-0.3, -0.25) is 0 Å². The molecule has 19 heavy (non-hydrogen) atoms. The molecule has 0 aliphatic heterocycles. The monoisotopic (exact) mass is 306 g/mol. The van der Waals surface area contributed by atoms with Gasteiger partial charge in [0.2, 0.25) is 0 Å². The van der Waals surface area contributed by atoms with Gasteiger partial charge in [-0.2, -0.15) is 5.10 Å². The Morgan fingerprint density at radius 2 is 2.05 bits per heavy atom. The molecule has 4 nitrogen and oxygen atoms in total. The van der Waals surface area contributed by atoms with Crippen molar-refractivity contribution in [3.05, 3.63) is 46.2 Å². The molecule has 7 heteroatoms. The van der Waals surface area contributed by atoms with Crippen LogP contribution in [0.3, 0.4) is 0 Å². The smallest absolute Gasteiger partial charge is 0.550 e. The number of nitrogens with zero attached hydrogens (tertiary/aromatic N) is 2. The van der Waals surface area contributed by atoms with Crippen LogP contribution < -0.4 is 34.7 Å². The summed E-state index contributed by atoms with van der Waals surface area (Å²) in [5, 5.41) is 15.6. The molecular weight excluding hydrogens is 298 g/mol. The van der Waals surface area contributed by atoms with Crippen LogP contribution in [0.2, 0.25) is 10.0 Å². The van der Waals surface area contributed by atoms with Crippen LogP contribution >= 0.6 is 23.2 Å². The first kappa shape index (κ1) is 16.5. The molecule has 0 aliphatic rings. The maximum Gasteiger partial charge on any atom is 1.00 e. The Balaban J connectivity index is 0.00000180. The van der Waals surface area contributed by atoms with Crippen LogP contribution in [-0.4, -0.2) is 15.7 Å². The number of carboxylic acid groups (broad SMARTS) is 1. The summed E-state index contributed by atoms with van der Waals surface area (Å²) in [5.41, 5.74) is 1.03. The number of carbonyl (C=O) groups is 1. The molecule has 0 fully saturated rings. The zero-order valence-corrected chi connectivity index (χ0v) is 13.9. The number of hydrogen-bond donors (Lipinski definition) is 0. The summed E-state index contributed by atoms with van der Waals surface area (Å²) in [6, 6.07) is 4.87. The van der Waals surface area contributed by atoms with E-state index in [1.54, 1.807) is 29.2 Å². The first-order valence-electron chi connectivity index (χ1n) is 5.20. The van der Waals surface area contributed by atoms with Crippen molar-refractivity contribution >= 4 is 29.2 Å². The standard InChI is InChI=1S/C12H10Cl2N2O2.Na/c1-7(12(17)18)8-5-10(14)11(6-9(8)13)16-4-2-3-15-16;/h2-7H,1H3,(H,17,18);/q;+1/p-1. The van der Waals surface area contributed by atoms with Gasteiger partial charge in [-0.15, -0.1) is 0 Å². The molecule has 1 aromatic heterocycles. The quantitative estimate of drug-likeness (QED) is 0.686. The van der Waals surface area contributed by atoms with Gasteiger partial charge in [0.15, 0.2) is 0 Å². The van der Waals surface area contributed by atoms with E-state index in [1.807, 2.05) is 0 Å². The van der Waals surface area contributed by atoms with E-state index in [-0.39, 0.29) is 29.6 Å². The number of benzene rings is 1. The van der Waals surface area contributed by atoms with Gasteiger partial charge in [0.1, 0.15) is 0 Å². The fourth-order valence-corrected chi connectivity index (χ4v) is 2.18. The molecule has 1 atom stereocenters. The number of hydrogen-bond acceptors (Lipinski definition) is 3. The molecule has 1 heterocycles. The van der Waals surface area contributed by atoms with Crippen molar-refractivity contribution < 1.29 is 39.5 Å². The maximum absolute atomic E-state index is 10.8. The normalized spacial score (nSPS) is 11.7. The van der Waals surface area contributed by atoms with Gasteiger partial charge >= 0.3 is 29.6 Å². The van der Waals surface area contributed by atoms with Gasteiger partial charge in [-0.05, 0) is 23.8 Å². The Hall–Kier alpha value is -0.520. The summed E-state index contributed by atoms with van der Waals surface area (Å²) < 4.78 is 1.56. The van der Waals surface area contributed by atoms with Crippen molar-refractivity contribution in [3.63, 3.8) is 0 Å². The molecule has 94 valence electrons. The van der Waals surface area contributed by atoms with E-state index in [0.29, 0.717) is 21.3 Å². The molecule has 2 rings (SSSR count). The van der Waals surface area contributed by atoms with Crippen molar-refractivity contribution in [3.8, 4) is 5.69 Å². The molecule has 0 N–H and O–H groups in total.